The van der Waals surface area contributed by atoms with Crippen molar-refractivity contribution in [2.24, 2.45) is 0 Å². The fourth-order valence-electron chi connectivity index (χ4n) is 3.01. The highest BCUT2D eigenvalue weighted by Gasteiger charge is 2.28. The third kappa shape index (κ3) is 2.03. The number of rotatable bonds is 3. The molecule has 0 amide bonds. The van der Waals surface area contributed by atoms with E-state index in [1.165, 1.54) is 27.8 Å². The zero-order chi connectivity index (χ0) is 13.4. The summed E-state index contributed by atoms with van der Waals surface area (Å²) >= 11 is 0. The molecule has 0 saturated heterocycles. The van der Waals surface area contributed by atoms with Crippen LogP contribution in [0.1, 0.15) is 35.4 Å². The van der Waals surface area contributed by atoms with Crippen molar-refractivity contribution in [3.8, 4) is 11.1 Å². The summed E-state index contributed by atoms with van der Waals surface area (Å²) in [6.45, 7) is 2.08. The largest absolute Gasteiger partial charge is 0.481 e. The van der Waals surface area contributed by atoms with Gasteiger partial charge in [-0.1, -0.05) is 48.0 Å². The second kappa shape index (κ2) is 4.54. The first-order valence-electron chi connectivity index (χ1n) is 6.58. The molecule has 1 N–H and O–H groups in total. The van der Waals surface area contributed by atoms with Crippen molar-refractivity contribution in [2.45, 2.75) is 25.7 Å². The van der Waals surface area contributed by atoms with Gasteiger partial charge in [-0.05, 0) is 35.6 Å². The quantitative estimate of drug-likeness (QED) is 0.897. The van der Waals surface area contributed by atoms with Crippen LogP contribution >= 0.6 is 0 Å². The Morgan fingerprint density at radius 3 is 2.63 bits per heavy atom. The van der Waals surface area contributed by atoms with Gasteiger partial charge in [-0.2, -0.15) is 0 Å². The van der Waals surface area contributed by atoms with Crippen LogP contribution in [0.3, 0.4) is 0 Å². The van der Waals surface area contributed by atoms with Crippen LogP contribution in [-0.4, -0.2) is 11.1 Å². The van der Waals surface area contributed by atoms with Crippen molar-refractivity contribution >= 4 is 5.97 Å². The third-order valence-corrected chi connectivity index (χ3v) is 3.86. The average Bonchev–Trinajstić information content (AvgIpc) is 2.69. The monoisotopic (exact) mass is 252 g/mol. The number of carboxylic acids is 1. The Labute approximate surface area is 112 Å². The Kier molecular flexibility index (Phi) is 2.86. The number of benzene rings is 2. The van der Waals surface area contributed by atoms with Gasteiger partial charge < -0.3 is 5.11 Å². The van der Waals surface area contributed by atoms with E-state index in [0.717, 1.165) is 0 Å². The molecule has 0 aromatic heterocycles. The normalized spacial score (nSPS) is 15.9. The topological polar surface area (TPSA) is 37.3 Å². The first kappa shape index (κ1) is 12.0. The van der Waals surface area contributed by atoms with Crippen molar-refractivity contribution in [2.75, 3.05) is 0 Å². The molecule has 0 spiro atoms. The van der Waals surface area contributed by atoms with E-state index in [1.807, 2.05) is 12.1 Å². The van der Waals surface area contributed by atoms with E-state index in [1.54, 1.807) is 0 Å². The molecule has 0 bridgehead atoms. The van der Waals surface area contributed by atoms with Gasteiger partial charge in [0.2, 0.25) is 0 Å². The maximum atomic E-state index is 10.8. The molecular formula is C17H16O2. The van der Waals surface area contributed by atoms with Gasteiger partial charge in [-0.15, -0.1) is 0 Å². The van der Waals surface area contributed by atoms with E-state index in [0.29, 0.717) is 6.42 Å². The second-order valence-corrected chi connectivity index (χ2v) is 5.16. The molecular weight excluding hydrogens is 236 g/mol. The molecule has 3 rings (SSSR count). The van der Waals surface area contributed by atoms with E-state index in [9.17, 15) is 4.79 Å². The van der Waals surface area contributed by atoms with Crippen LogP contribution in [0.15, 0.2) is 42.5 Å². The van der Waals surface area contributed by atoms with E-state index >= 15 is 0 Å². The smallest absolute Gasteiger partial charge is 0.303 e. The van der Waals surface area contributed by atoms with Crippen LogP contribution in [0.25, 0.3) is 11.1 Å². The second-order valence-electron chi connectivity index (χ2n) is 5.16. The minimum absolute atomic E-state index is 0.215. The summed E-state index contributed by atoms with van der Waals surface area (Å²) in [5.41, 5.74) is 6.29. The number of hydrogen-bond donors (Lipinski definition) is 1. The van der Waals surface area contributed by atoms with Crippen molar-refractivity contribution in [3.05, 3.63) is 59.2 Å². The average molecular weight is 252 g/mol. The highest BCUT2D eigenvalue weighted by molar-refractivity contribution is 5.79. The molecule has 1 aliphatic rings. The van der Waals surface area contributed by atoms with Crippen LogP contribution in [0.2, 0.25) is 0 Å². The molecule has 1 aliphatic carbocycles. The van der Waals surface area contributed by atoms with Crippen LogP contribution in [-0.2, 0) is 4.79 Å². The van der Waals surface area contributed by atoms with Crippen molar-refractivity contribution in [3.63, 3.8) is 0 Å². The molecule has 0 fully saturated rings. The standard InChI is InChI=1S/C17H16O2/c1-11-6-7-14-12-4-2-3-5-13(12)15(16(14)10-11)8-9-17(18)19/h2-7,10,15H,8-9H2,1H3,(H,18,19). The number of fused-ring (bicyclic) bond motifs is 3. The van der Waals surface area contributed by atoms with Gasteiger partial charge in [0.05, 0.1) is 0 Å². The number of carbonyl (C=O) groups is 1. The SMILES string of the molecule is Cc1ccc2c(c1)C(CCC(=O)O)c1ccccc1-2. The molecule has 1 unspecified atom stereocenters. The molecule has 2 aromatic rings. The van der Waals surface area contributed by atoms with Gasteiger partial charge in [0, 0.05) is 12.3 Å². The van der Waals surface area contributed by atoms with Gasteiger partial charge in [-0.3, -0.25) is 4.79 Å². The summed E-state index contributed by atoms with van der Waals surface area (Å²) in [4.78, 5) is 10.8. The highest BCUT2D eigenvalue weighted by Crippen LogP contribution is 2.46. The summed E-state index contributed by atoms with van der Waals surface area (Å²) < 4.78 is 0. The van der Waals surface area contributed by atoms with Crippen LogP contribution in [0.5, 0.6) is 0 Å². The summed E-state index contributed by atoms with van der Waals surface area (Å²) in [7, 11) is 0. The predicted octanol–water partition coefficient (Wildman–Crippen LogP) is 3.97. The summed E-state index contributed by atoms with van der Waals surface area (Å²) in [5.74, 6) is -0.499. The van der Waals surface area contributed by atoms with E-state index in [-0.39, 0.29) is 12.3 Å². The Hall–Kier alpha value is -2.09. The van der Waals surface area contributed by atoms with Gasteiger partial charge in [0.15, 0.2) is 0 Å². The van der Waals surface area contributed by atoms with Crippen molar-refractivity contribution < 1.29 is 9.90 Å². The Morgan fingerprint density at radius 1 is 1.11 bits per heavy atom. The lowest BCUT2D eigenvalue weighted by Crippen LogP contribution is -2.02. The first-order chi connectivity index (χ1) is 9.16. The fourth-order valence-corrected chi connectivity index (χ4v) is 3.01. The van der Waals surface area contributed by atoms with Gasteiger partial charge >= 0.3 is 5.97 Å². The van der Waals surface area contributed by atoms with E-state index in [4.69, 9.17) is 5.11 Å². The number of aliphatic carboxylic acids is 1. The van der Waals surface area contributed by atoms with E-state index in [2.05, 4.69) is 37.3 Å². The lowest BCUT2D eigenvalue weighted by Gasteiger charge is -2.12. The zero-order valence-corrected chi connectivity index (χ0v) is 10.9. The van der Waals surface area contributed by atoms with Crippen LogP contribution < -0.4 is 0 Å². The first-order valence-corrected chi connectivity index (χ1v) is 6.58. The predicted molar refractivity (Wildman–Crippen MR) is 75.3 cm³/mol. The maximum Gasteiger partial charge on any atom is 0.303 e. The summed E-state index contributed by atoms with van der Waals surface area (Å²) in [6.07, 6.45) is 0.884. The lowest BCUT2D eigenvalue weighted by atomic mass is 9.91. The van der Waals surface area contributed by atoms with Gasteiger partial charge in [0.25, 0.3) is 0 Å². The summed E-state index contributed by atoms with van der Waals surface area (Å²) in [6, 6.07) is 14.8. The third-order valence-electron chi connectivity index (χ3n) is 3.86. The Bertz CT molecular complexity index is 643. The van der Waals surface area contributed by atoms with Crippen LogP contribution in [0, 0.1) is 6.92 Å². The minimum atomic E-state index is -0.724. The van der Waals surface area contributed by atoms with E-state index < -0.39 is 5.97 Å². The number of aryl methyl sites for hydroxylation is 1. The molecule has 2 heteroatoms. The summed E-state index contributed by atoms with van der Waals surface area (Å²) in [5, 5.41) is 8.92. The maximum absolute atomic E-state index is 10.8. The molecule has 0 heterocycles. The molecule has 1 atom stereocenters. The molecule has 0 aliphatic heterocycles. The Morgan fingerprint density at radius 2 is 1.84 bits per heavy atom. The molecule has 96 valence electrons. The highest BCUT2D eigenvalue weighted by atomic mass is 16.4. The molecule has 2 aromatic carbocycles. The molecule has 0 saturated carbocycles. The van der Waals surface area contributed by atoms with Gasteiger partial charge in [0.1, 0.15) is 0 Å². The fraction of sp³-hybridized carbons (Fsp3) is 0.235. The number of hydrogen-bond acceptors (Lipinski definition) is 1. The Balaban J connectivity index is 2.09. The molecule has 0 radical (unpaired) electrons. The lowest BCUT2D eigenvalue weighted by molar-refractivity contribution is -0.137. The molecule has 19 heavy (non-hydrogen) atoms. The zero-order valence-electron chi connectivity index (χ0n) is 10.9. The minimum Gasteiger partial charge on any atom is -0.481 e. The van der Waals surface area contributed by atoms with Crippen molar-refractivity contribution in [1.82, 2.24) is 0 Å². The molecule has 2 nitrogen and oxygen atoms in total. The number of carboxylic acid groups (broad SMARTS) is 1. The van der Waals surface area contributed by atoms with Crippen molar-refractivity contribution in [1.29, 1.82) is 0 Å². The van der Waals surface area contributed by atoms with Gasteiger partial charge in [-0.25, -0.2) is 0 Å². The van der Waals surface area contributed by atoms with Crippen LogP contribution in [0.4, 0.5) is 0 Å².